The van der Waals surface area contributed by atoms with E-state index < -0.39 is 20.0 Å². The molecule has 4 aromatic rings. The summed E-state index contributed by atoms with van der Waals surface area (Å²) in [5, 5.41) is 3.79. The molecule has 0 spiro atoms. The highest BCUT2D eigenvalue weighted by molar-refractivity contribution is 7.94. The quantitative estimate of drug-likeness (QED) is 0.447. The van der Waals surface area contributed by atoms with Crippen molar-refractivity contribution in [2.45, 2.75) is 27.7 Å². The van der Waals surface area contributed by atoms with E-state index in [1.165, 1.54) is 22.2 Å². The van der Waals surface area contributed by atoms with E-state index in [1.807, 2.05) is 0 Å². The van der Waals surface area contributed by atoms with E-state index >= 15 is 0 Å². The summed E-state index contributed by atoms with van der Waals surface area (Å²) in [5.74, 6) is -0.135. The van der Waals surface area contributed by atoms with Crippen LogP contribution in [0.15, 0.2) is 61.6 Å². The van der Waals surface area contributed by atoms with Crippen LogP contribution in [0.1, 0.15) is 28.9 Å². The molecule has 0 amide bonds. The monoisotopic (exact) mass is 492 g/mol. The van der Waals surface area contributed by atoms with Crippen LogP contribution in [0, 0.1) is 0 Å². The third-order valence-electron chi connectivity index (χ3n) is 5.12. The van der Waals surface area contributed by atoms with Crippen LogP contribution in [0.5, 0.6) is 0 Å². The van der Waals surface area contributed by atoms with Crippen LogP contribution in [0.3, 0.4) is 0 Å². The molecule has 1 N–H and O–H groups in total. The fraction of sp³-hybridized carbons (Fsp3) is 0.150. The number of fused-ring (bicyclic) bond motifs is 3. The Hall–Kier alpha value is -2.47. The molecule has 0 saturated heterocycles. The number of Topliss-reactive ketones (excluding diaryl/α,β-unsaturated/α-hetero) is 1. The normalized spacial score (nSPS) is 14.6. The van der Waals surface area contributed by atoms with Gasteiger partial charge in [-0.25, -0.2) is 12.4 Å². The number of rotatable bonds is 5. The number of aromatic nitrogens is 1. The predicted octanol–water partition coefficient (Wildman–Crippen LogP) is 4.32. The van der Waals surface area contributed by atoms with Gasteiger partial charge in [0, 0.05) is 28.8 Å². The van der Waals surface area contributed by atoms with E-state index in [1.54, 1.807) is 35.0 Å². The molecule has 0 radical (unpaired) electrons. The van der Waals surface area contributed by atoms with Crippen molar-refractivity contribution in [1.82, 2.24) is 3.97 Å². The van der Waals surface area contributed by atoms with Crippen LogP contribution in [-0.4, -0.2) is 26.6 Å². The van der Waals surface area contributed by atoms with E-state index in [4.69, 9.17) is 0 Å². The van der Waals surface area contributed by atoms with E-state index in [0.29, 0.717) is 41.4 Å². The minimum atomic E-state index is -3.88. The van der Waals surface area contributed by atoms with Gasteiger partial charge in [0.2, 0.25) is 0 Å². The van der Waals surface area contributed by atoms with Gasteiger partial charge >= 0.3 is 0 Å². The molecule has 160 valence electrons. The predicted molar refractivity (Wildman–Crippen MR) is 121 cm³/mol. The van der Waals surface area contributed by atoms with Gasteiger partial charge in [-0.2, -0.15) is 8.42 Å². The maximum Gasteiger partial charge on any atom is 0.277 e. The van der Waals surface area contributed by atoms with Crippen LogP contribution < -0.4 is 4.72 Å². The summed E-state index contributed by atoms with van der Waals surface area (Å²) in [6, 6.07) is 11.0. The summed E-state index contributed by atoms with van der Waals surface area (Å²) in [6.07, 6.45) is 1.35. The second-order valence-corrected chi connectivity index (χ2v) is 12.9. The van der Waals surface area contributed by atoms with Crippen molar-refractivity contribution in [2.24, 2.45) is 0 Å². The van der Waals surface area contributed by atoms with Gasteiger partial charge in [0.15, 0.2) is 5.78 Å². The number of ketones is 1. The zero-order valence-electron chi connectivity index (χ0n) is 15.9. The number of hydrogen-bond acceptors (Lipinski definition) is 7. The van der Waals surface area contributed by atoms with Crippen molar-refractivity contribution < 1.29 is 21.6 Å². The van der Waals surface area contributed by atoms with E-state index in [-0.39, 0.29) is 19.9 Å². The fourth-order valence-corrected chi connectivity index (χ4v) is 8.54. The molecule has 0 fully saturated rings. The molecule has 7 nitrogen and oxygen atoms in total. The largest absolute Gasteiger partial charge is 0.294 e. The Morgan fingerprint density at radius 3 is 2.29 bits per heavy atom. The molecule has 1 aromatic carbocycles. The molecule has 0 saturated carbocycles. The second kappa shape index (κ2) is 7.30. The zero-order chi connectivity index (χ0) is 21.8. The highest BCUT2D eigenvalue weighted by atomic mass is 32.3. The molecule has 1 aliphatic carbocycles. The Morgan fingerprint density at radius 1 is 0.903 bits per heavy atom. The maximum absolute atomic E-state index is 13.4. The number of thiophene rings is 2. The molecule has 3 heterocycles. The van der Waals surface area contributed by atoms with Gasteiger partial charge in [0.05, 0.1) is 5.52 Å². The number of carbonyl (C=O) groups excluding carboxylic acids is 1. The zero-order valence-corrected chi connectivity index (χ0v) is 19.2. The maximum atomic E-state index is 13.4. The highest BCUT2D eigenvalue weighted by Gasteiger charge is 2.32. The molecular formula is C20H16N2O5S4. The SMILES string of the molecule is O=C1CCCc2c1c1cc(NS(=O)(=O)c3cccs3)ccc1n2S(=O)(=O)c1cccs1. The van der Waals surface area contributed by atoms with Crippen molar-refractivity contribution in [3.8, 4) is 0 Å². The Kier molecular flexibility index (Phi) is 4.81. The van der Waals surface area contributed by atoms with Crippen LogP contribution in [0.4, 0.5) is 5.69 Å². The minimum absolute atomic E-state index is 0.135. The summed E-state index contributed by atoms with van der Waals surface area (Å²) in [6.45, 7) is 0. The van der Waals surface area contributed by atoms with Crippen molar-refractivity contribution in [2.75, 3.05) is 4.72 Å². The Bertz CT molecular complexity index is 1510. The number of carbonyl (C=O) groups is 1. The number of anilines is 1. The molecule has 0 aliphatic heterocycles. The van der Waals surface area contributed by atoms with Crippen molar-refractivity contribution in [3.05, 3.63) is 64.5 Å². The molecular weight excluding hydrogens is 476 g/mol. The third-order valence-corrected chi connectivity index (χ3v) is 11.0. The molecule has 0 bridgehead atoms. The van der Waals surface area contributed by atoms with Gasteiger partial charge in [-0.1, -0.05) is 12.1 Å². The first kappa shape index (κ1) is 20.4. The van der Waals surface area contributed by atoms with Crippen LogP contribution in [0.2, 0.25) is 0 Å². The first-order chi connectivity index (χ1) is 14.8. The van der Waals surface area contributed by atoms with Crippen molar-refractivity contribution >= 4 is 65.1 Å². The molecule has 31 heavy (non-hydrogen) atoms. The van der Waals surface area contributed by atoms with Crippen LogP contribution >= 0.6 is 22.7 Å². The Balaban J connectivity index is 1.71. The second-order valence-electron chi connectivity index (χ2n) is 7.07. The molecule has 1 aliphatic rings. The van der Waals surface area contributed by atoms with Gasteiger partial charge in [0.1, 0.15) is 8.42 Å². The lowest BCUT2D eigenvalue weighted by Crippen LogP contribution is -2.18. The van der Waals surface area contributed by atoms with Crippen LogP contribution in [-0.2, 0) is 26.5 Å². The van der Waals surface area contributed by atoms with Crippen molar-refractivity contribution in [1.29, 1.82) is 0 Å². The fourth-order valence-electron chi connectivity index (χ4n) is 3.85. The number of benzene rings is 1. The molecule has 11 heteroatoms. The summed E-state index contributed by atoms with van der Waals surface area (Å²) < 4.78 is 56.1. The Morgan fingerprint density at radius 2 is 1.61 bits per heavy atom. The van der Waals surface area contributed by atoms with Gasteiger partial charge in [-0.3, -0.25) is 9.52 Å². The molecule has 0 unspecified atom stereocenters. The van der Waals surface area contributed by atoms with Crippen molar-refractivity contribution in [3.63, 3.8) is 0 Å². The number of hydrogen-bond donors (Lipinski definition) is 1. The summed E-state index contributed by atoms with van der Waals surface area (Å²) >= 11 is 2.21. The third kappa shape index (κ3) is 3.32. The summed E-state index contributed by atoms with van der Waals surface area (Å²) in [7, 11) is -7.65. The lowest BCUT2D eigenvalue weighted by Gasteiger charge is -2.14. The lowest BCUT2D eigenvalue weighted by atomic mass is 9.94. The summed E-state index contributed by atoms with van der Waals surface area (Å²) in [5.41, 5.74) is 1.46. The van der Waals surface area contributed by atoms with E-state index in [9.17, 15) is 21.6 Å². The van der Waals surface area contributed by atoms with E-state index in [0.717, 1.165) is 22.7 Å². The van der Waals surface area contributed by atoms with Gasteiger partial charge in [0.25, 0.3) is 20.0 Å². The highest BCUT2D eigenvalue weighted by Crippen LogP contribution is 2.37. The van der Waals surface area contributed by atoms with E-state index in [2.05, 4.69) is 4.72 Å². The van der Waals surface area contributed by atoms with Gasteiger partial charge in [-0.15, -0.1) is 22.7 Å². The standard InChI is InChI=1S/C20H16N2O5S4/c23-17-5-1-4-16-20(17)14-12-13(21-30(24,25)18-6-2-10-28-18)8-9-15(14)22(16)31(26,27)19-7-3-11-29-19/h2-3,6-12,21H,1,4-5H2. The van der Waals surface area contributed by atoms with Crippen LogP contribution in [0.25, 0.3) is 10.9 Å². The first-order valence-corrected chi connectivity index (χ1v) is 14.0. The average molecular weight is 493 g/mol. The smallest absolute Gasteiger partial charge is 0.277 e. The van der Waals surface area contributed by atoms with Gasteiger partial charge < -0.3 is 0 Å². The average Bonchev–Trinajstić information content (AvgIpc) is 3.47. The molecule has 0 atom stereocenters. The number of nitrogens with zero attached hydrogens (tertiary/aromatic N) is 1. The summed E-state index contributed by atoms with van der Waals surface area (Å²) in [4.78, 5) is 12.8. The molecule has 5 rings (SSSR count). The minimum Gasteiger partial charge on any atom is -0.294 e. The Labute approximate surface area is 187 Å². The first-order valence-electron chi connectivity index (χ1n) is 9.35. The lowest BCUT2D eigenvalue weighted by molar-refractivity contribution is 0.0974. The number of nitrogens with one attached hydrogen (secondary N) is 1. The number of sulfonamides is 1. The molecule has 3 aromatic heterocycles. The van der Waals surface area contributed by atoms with Gasteiger partial charge in [-0.05, 0) is 53.9 Å². The topological polar surface area (TPSA) is 102 Å².